The van der Waals surface area contributed by atoms with E-state index in [-0.39, 0.29) is 12.2 Å². The van der Waals surface area contributed by atoms with Crippen LogP contribution in [0.2, 0.25) is 0 Å². The van der Waals surface area contributed by atoms with Crippen LogP contribution in [0.3, 0.4) is 0 Å². The minimum atomic E-state index is -0.828. The summed E-state index contributed by atoms with van der Waals surface area (Å²) in [5, 5.41) is 9.45. The van der Waals surface area contributed by atoms with E-state index in [9.17, 15) is 5.26 Å². The average Bonchev–Trinajstić information content (AvgIpc) is 3.25. The van der Waals surface area contributed by atoms with Crippen LogP contribution in [0, 0.1) is 11.3 Å². The van der Waals surface area contributed by atoms with E-state index in [1.165, 1.54) is 0 Å². The first-order chi connectivity index (χ1) is 15.7. The molecule has 2 aliphatic rings. The molecule has 0 aliphatic carbocycles. The van der Waals surface area contributed by atoms with Crippen LogP contribution in [0.5, 0.6) is 0 Å². The van der Waals surface area contributed by atoms with Gasteiger partial charge in [0.1, 0.15) is 17.9 Å². The van der Waals surface area contributed by atoms with Crippen LogP contribution in [0.4, 0.5) is 0 Å². The summed E-state index contributed by atoms with van der Waals surface area (Å²) in [7, 11) is 0. The summed E-state index contributed by atoms with van der Waals surface area (Å²) in [5.74, 6) is -0.828. The van der Waals surface area contributed by atoms with E-state index in [0.717, 1.165) is 16.8 Å². The Labute approximate surface area is 187 Å². The highest BCUT2D eigenvalue weighted by atomic mass is 16.7. The number of fused-ring (bicyclic) bond motifs is 1. The second kappa shape index (κ2) is 9.27. The van der Waals surface area contributed by atoms with Crippen molar-refractivity contribution in [3.05, 3.63) is 95.3 Å². The van der Waals surface area contributed by atoms with E-state index in [2.05, 4.69) is 18.2 Å². The fraction of sp³-hybridized carbons (Fsp3) is 0.346. The quantitative estimate of drug-likeness (QED) is 0.587. The minimum Gasteiger partial charge on any atom is -0.371 e. The molecule has 0 bridgehead atoms. The molecule has 1 fully saturated rings. The molecule has 5 rings (SSSR count). The van der Waals surface area contributed by atoms with Crippen molar-refractivity contribution in [3.63, 3.8) is 0 Å². The molecular formula is C26H26N2O4. The van der Waals surface area contributed by atoms with Crippen LogP contribution >= 0.6 is 0 Å². The maximum Gasteiger partial charge on any atom is 0.189 e. The number of ether oxygens (including phenoxy) is 4. The van der Waals surface area contributed by atoms with E-state index < -0.39 is 5.79 Å². The number of rotatable bonds is 6. The Morgan fingerprint density at radius 3 is 2.19 bits per heavy atom. The molecule has 0 saturated carbocycles. The smallest absolute Gasteiger partial charge is 0.189 e. The first-order valence-electron chi connectivity index (χ1n) is 10.9. The van der Waals surface area contributed by atoms with Gasteiger partial charge >= 0.3 is 0 Å². The fourth-order valence-electron chi connectivity index (χ4n) is 4.34. The molecule has 1 spiro atoms. The van der Waals surface area contributed by atoms with Gasteiger partial charge in [0, 0.05) is 12.1 Å². The molecule has 6 heteroatoms. The van der Waals surface area contributed by atoms with Crippen molar-refractivity contribution in [1.82, 2.24) is 4.57 Å². The maximum atomic E-state index is 9.45. The molecule has 0 radical (unpaired) electrons. The van der Waals surface area contributed by atoms with Crippen LogP contribution in [0.1, 0.15) is 28.9 Å². The number of nitriles is 1. The highest BCUT2D eigenvalue weighted by molar-refractivity contribution is 5.28. The summed E-state index contributed by atoms with van der Waals surface area (Å²) in [4.78, 5) is 0. The molecule has 0 N–H and O–H groups in total. The fourth-order valence-corrected chi connectivity index (χ4v) is 4.34. The Morgan fingerprint density at radius 1 is 0.875 bits per heavy atom. The van der Waals surface area contributed by atoms with Gasteiger partial charge in [-0.05, 0) is 23.3 Å². The molecule has 6 nitrogen and oxygen atoms in total. The number of nitrogens with zero attached hydrogens (tertiary/aromatic N) is 2. The summed E-state index contributed by atoms with van der Waals surface area (Å²) < 4.78 is 27.0. The van der Waals surface area contributed by atoms with E-state index >= 15 is 0 Å². The average molecular weight is 431 g/mol. The van der Waals surface area contributed by atoms with Gasteiger partial charge in [-0.25, -0.2) is 0 Å². The topological polar surface area (TPSA) is 65.6 Å². The third kappa shape index (κ3) is 4.47. The van der Waals surface area contributed by atoms with Crippen molar-refractivity contribution >= 4 is 0 Å². The SMILES string of the molecule is N#Cc1ccc2n1C[C@@]1(C[C@H](OCc3ccccc3)[C@H](OCc3ccccc3)CO1)OC2. The molecule has 0 unspecified atom stereocenters. The second-order valence-electron chi connectivity index (χ2n) is 8.29. The Balaban J connectivity index is 1.32. The van der Waals surface area contributed by atoms with Crippen molar-refractivity contribution in [2.45, 2.75) is 50.8 Å². The molecule has 2 aliphatic heterocycles. The molecule has 3 heterocycles. The molecule has 1 aromatic heterocycles. The van der Waals surface area contributed by atoms with Crippen LogP contribution in [-0.2, 0) is 45.3 Å². The van der Waals surface area contributed by atoms with Crippen LogP contribution in [0.25, 0.3) is 0 Å². The lowest BCUT2D eigenvalue weighted by molar-refractivity contribution is -0.320. The molecule has 3 atom stereocenters. The highest BCUT2D eigenvalue weighted by Gasteiger charge is 2.46. The predicted molar refractivity (Wildman–Crippen MR) is 117 cm³/mol. The zero-order valence-electron chi connectivity index (χ0n) is 17.9. The van der Waals surface area contributed by atoms with Crippen molar-refractivity contribution in [2.24, 2.45) is 0 Å². The number of benzene rings is 2. The summed E-state index contributed by atoms with van der Waals surface area (Å²) in [6.45, 7) is 2.22. The largest absolute Gasteiger partial charge is 0.371 e. The molecule has 32 heavy (non-hydrogen) atoms. The third-order valence-electron chi connectivity index (χ3n) is 6.12. The van der Waals surface area contributed by atoms with E-state index in [1.807, 2.05) is 65.2 Å². The number of aromatic nitrogens is 1. The Kier molecular flexibility index (Phi) is 6.06. The van der Waals surface area contributed by atoms with Gasteiger partial charge in [-0.15, -0.1) is 0 Å². The first kappa shape index (κ1) is 20.9. The second-order valence-corrected chi connectivity index (χ2v) is 8.29. The summed E-state index contributed by atoms with van der Waals surface area (Å²) in [6, 6.07) is 26.2. The Morgan fingerprint density at radius 2 is 1.53 bits per heavy atom. The Bertz CT molecular complexity index is 1080. The van der Waals surface area contributed by atoms with Crippen LogP contribution in [-0.4, -0.2) is 29.2 Å². The maximum absolute atomic E-state index is 9.45. The van der Waals surface area contributed by atoms with Crippen LogP contribution < -0.4 is 0 Å². The first-order valence-corrected chi connectivity index (χ1v) is 10.9. The van der Waals surface area contributed by atoms with E-state index in [4.69, 9.17) is 18.9 Å². The van der Waals surface area contributed by atoms with Gasteiger partial charge in [0.05, 0.1) is 39.1 Å². The van der Waals surface area contributed by atoms with Gasteiger partial charge in [-0.2, -0.15) is 5.26 Å². The third-order valence-corrected chi connectivity index (χ3v) is 6.12. The Hall–Kier alpha value is -2.95. The van der Waals surface area contributed by atoms with Crippen molar-refractivity contribution in [1.29, 1.82) is 5.26 Å². The van der Waals surface area contributed by atoms with Gasteiger partial charge < -0.3 is 23.5 Å². The van der Waals surface area contributed by atoms with Gasteiger partial charge in [-0.1, -0.05) is 60.7 Å². The standard InChI is InChI=1S/C26H26N2O4/c27-14-22-11-12-23-17-31-26(19-28(22)23)13-24(29-15-20-7-3-1-4-8-20)25(18-32-26)30-16-21-9-5-2-6-10-21/h1-12,24-25H,13,15-19H2/t24-,25+,26-/m0/s1. The van der Waals surface area contributed by atoms with Gasteiger partial charge in [-0.3, -0.25) is 0 Å². The van der Waals surface area contributed by atoms with Gasteiger partial charge in [0.15, 0.2) is 5.79 Å². The lowest BCUT2D eigenvalue weighted by atomic mass is 9.98. The van der Waals surface area contributed by atoms with Gasteiger partial charge in [0.25, 0.3) is 0 Å². The lowest BCUT2D eigenvalue weighted by Gasteiger charge is -2.46. The van der Waals surface area contributed by atoms with E-state index in [0.29, 0.717) is 45.1 Å². The molecule has 1 saturated heterocycles. The lowest BCUT2D eigenvalue weighted by Crippen LogP contribution is -2.55. The molecule has 0 amide bonds. The van der Waals surface area contributed by atoms with Crippen LogP contribution in [0.15, 0.2) is 72.8 Å². The number of hydrogen-bond donors (Lipinski definition) is 0. The zero-order chi connectivity index (χ0) is 21.8. The monoisotopic (exact) mass is 430 g/mol. The molecule has 3 aromatic rings. The zero-order valence-corrected chi connectivity index (χ0v) is 17.9. The predicted octanol–water partition coefficient (Wildman–Crippen LogP) is 4.18. The molecular weight excluding hydrogens is 404 g/mol. The summed E-state index contributed by atoms with van der Waals surface area (Å²) >= 11 is 0. The van der Waals surface area contributed by atoms with Crippen molar-refractivity contribution in [3.8, 4) is 6.07 Å². The summed E-state index contributed by atoms with van der Waals surface area (Å²) in [5.41, 5.74) is 3.83. The van der Waals surface area contributed by atoms with Crippen molar-refractivity contribution < 1.29 is 18.9 Å². The van der Waals surface area contributed by atoms with Gasteiger partial charge in [0.2, 0.25) is 0 Å². The molecule has 164 valence electrons. The highest BCUT2D eigenvalue weighted by Crippen LogP contribution is 2.36. The van der Waals surface area contributed by atoms with E-state index in [1.54, 1.807) is 0 Å². The minimum absolute atomic E-state index is 0.199. The normalized spacial score (nSPS) is 24.7. The molecule has 2 aromatic carbocycles. The van der Waals surface area contributed by atoms with Crippen molar-refractivity contribution in [2.75, 3.05) is 6.61 Å². The number of hydrogen-bond acceptors (Lipinski definition) is 5. The summed E-state index contributed by atoms with van der Waals surface area (Å²) in [6.07, 6.45) is 0.117.